The minimum absolute atomic E-state index is 0.712. The zero-order valence-corrected chi connectivity index (χ0v) is 11.3. The largest absolute Gasteiger partial charge is 0.330 e. The van der Waals surface area contributed by atoms with Gasteiger partial charge in [0.05, 0.1) is 0 Å². The van der Waals surface area contributed by atoms with Gasteiger partial charge in [0.15, 0.2) is 0 Å². The molecule has 2 unspecified atom stereocenters. The van der Waals surface area contributed by atoms with E-state index in [1.807, 2.05) is 0 Å². The maximum absolute atomic E-state index is 5.74. The average molecular weight is 227 g/mol. The molecule has 1 heterocycles. The van der Waals surface area contributed by atoms with Crippen LogP contribution in [0, 0.1) is 5.92 Å². The van der Waals surface area contributed by atoms with Gasteiger partial charge in [-0.25, -0.2) is 0 Å². The van der Waals surface area contributed by atoms with E-state index in [2.05, 4.69) is 30.8 Å². The normalized spacial score (nSPS) is 24.9. The Morgan fingerprint density at radius 2 is 2.25 bits per heavy atom. The second kappa shape index (κ2) is 7.25. The van der Waals surface area contributed by atoms with Gasteiger partial charge < -0.3 is 15.5 Å². The molecule has 1 saturated heterocycles. The van der Waals surface area contributed by atoms with Crippen molar-refractivity contribution in [3.63, 3.8) is 0 Å². The number of piperidine rings is 1. The lowest BCUT2D eigenvalue weighted by Gasteiger charge is -2.36. The summed E-state index contributed by atoms with van der Waals surface area (Å²) in [5.74, 6) is 0.712. The van der Waals surface area contributed by atoms with Crippen LogP contribution in [0.25, 0.3) is 0 Å². The molecular formula is C13H29N3. The lowest BCUT2D eigenvalue weighted by Crippen LogP contribution is -2.45. The molecule has 0 saturated carbocycles. The Hall–Kier alpha value is -0.120. The van der Waals surface area contributed by atoms with Crippen molar-refractivity contribution in [1.82, 2.24) is 9.80 Å². The quantitative estimate of drug-likeness (QED) is 0.744. The molecule has 3 nitrogen and oxygen atoms in total. The first-order valence-corrected chi connectivity index (χ1v) is 6.76. The highest BCUT2D eigenvalue weighted by Gasteiger charge is 2.21. The Balaban J connectivity index is 2.25. The van der Waals surface area contributed by atoms with Crippen molar-refractivity contribution in [3.8, 4) is 0 Å². The summed E-state index contributed by atoms with van der Waals surface area (Å²) in [5, 5.41) is 0. The standard InChI is InChI=1S/C13H29N3/c1-4-12(10-14)7-9-16(3)13-6-5-8-15(2)11-13/h12-13H,4-11,14H2,1-3H3. The number of likely N-dealkylation sites (N-methyl/N-ethyl adjacent to an activating group) is 2. The van der Waals surface area contributed by atoms with Crippen LogP contribution in [0.4, 0.5) is 0 Å². The molecule has 2 atom stereocenters. The predicted molar refractivity (Wildman–Crippen MR) is 70.6 cm³/mol. The molecule has 0 radical (unpaired) electrons. The van der Waals surface area contributed by atoms with E-state index < -0.39 is 0 Å². The first-order chi connectivity index (χ1) is 7.67. The molecule has 1 aliphatic heterocycles. The van der Waals surface area contributed by atoms with Gasteiger partial charge in [-0.2, -0.15) is 0 Å². The third-order valence-electron chi connectivity index (χ3n) is 4.02. The number of nitrogens with two attached hydrogens (primary N) is 1. The van der Waals surface area contributed by atoms with Crippen LogP contribution in [0.1, 0.15) is 32.6 Å². The number of likely N-dealkylation sites (tertiary alicyclic amines) is 1. The Morgan fingerprint density at radius 1 is 1.50 bits per heavy atom. The molecule has 96 valence electrons. The molecule has 0 amide bonds. The van der Waals surface area contributed by atoms with Crippen molar-refractivity contribution < 1.29 is 0 Å². The Morgan fingerprint density at radius 3 is 2.81 bits per heavy atom. The van der Waals surface area contributed by atoms with Gasteiger partial charge in [0.1, 0.15) is 0 Å². The van der Waals surface area contributed by atoms with Gasteiger partial charge in [-0.05, 0) is 58.9 Å². The topological polar surface area (TPSA) is 32.5 Å². The maximum atomic E-state index is 5.74. The van der Waals surface area contributed by atoms with Crippen molar-refractivity contribution in [3.05, 3.63) is 0 Å². The fourth-order valence-corrected chi connectivity index (χ4v) is 2.56. The molecule has 0 aromatic carbocycles. The van der Waals surface area contributed by atoms with Gasteiger partial charge >= 0.3 is 0 Å². The zero-order valence-electron chi connectivity index (χ0n) is 11.3. The first kappa shape index (κ1) is 13.9. The Labute approximate surface area is 101 Å². The molecule has 2 N–H and O–H groups in total. The third-order valence-corrected chi connectivity index (χ3v) is 4.02. The minimum atomic E-state index is 0.712. The highest BCUT2D eigenvalue weighted by atomic mass is 15.2. The van der Waals surface area contributed by atoms with E-state index in [1.165, 1.54) is 45.3 Å². The van der Waals surface area contributed by atoms with Crippen LogP contribution in [0.15, 0.2) is 0 Å². The van der Waals surface area contributed by atoms with Crippen molar-refractivity contribution in [1.29, 1.82) is 0 Å². The molecule has 0 spiro atoms. The number of hydrogen-bond acceptors (Lipinski definition) is 3. The summed E-state index contributed by atoms with van der Waals surface area (Å²) in [7, 11) is 4.50. The van der Waals surface area contributed by atoms with Crippen LogP contribution in [0.2, 0.25) is 0 Å². The molecule has 0 aromatic heterocycles. The molecule has 0 aliphatic carbocycles. The van der Waals surface area contributed by atoms with Gasteiger partial charge in [0.2, 0.25) is 0 Å². The molecule has 1 rings (SSSR count). The van der Waals surface area contributed by atoms with Crippen LogP contribution in [0.3, 0.4) is 0 Å². The molecule has 1 aliphatic rings. The van der Waals surface area contributed by atoms with Crippen LogP contribution < -0.4 is 5.73 Å². The van der Waals surface area contributed by atoms with E-state index in [0.29, 0.717) is 5.92 Å². The number of hydrogen-bond donors (Lipinski definition) is 1. The summed E-state index contributed by atoms with van der Waals surface area (Å²) in [6.45, 7) is 6.79. The predicted octanol–water partition coefficient (Wildman–Crippen LogP) is 1.39. The van der Waals surface area contributed by atoms with E-state index in [4.69, 9.17) is 5.73 Å². The summed E-state index contributed by atoms with van der Waals surface area (Å²) in [5.41, 5.74) is 5.74. The monoisotopic (exact) mass is 227 g/mol. The van der Waals surface area contributed by atoms with Crippen LogP contribution in [-0.4, -0.2) is 56.1 Å². The van der Waals surface area contributed by atoms with E-state index >= 15 is 0 Å². The fourth-order valence-electron chi connectivity index (χ4n) is 2.56. The molecule has 1 fully saturated rings. The van der Waals surface area contributed by atoms with Crippen LogP contribution in [0.5, 0.6) is 0 Å². The maximum Gasteiger partial charge on any atom is 0.0220 e. The highest BCUT2D eigenvalue weighted by Crippen LogP contribution is 2.15. The van der Waals surface area contributed by atoms with Crippen molar-refractivity contribution in [2.75, 3.05) is 40.3 Å². The molecule has 0 bridgehead atoms. The van der Waals surface area contributed by atoms with Gasteiger partial charge in [-0.1, -0.05) is 13.3 Å². The third kappa shape index (κ3) is 4.40. The molecule has 3 heteroatoms. The average Bonchev–Trinajstić information content (AvgIpc) is 2.30. The summed E-state index contributed by atoms with van der Waals surface area (Å²) in [6, 6.07) is 0.758. The first-order valence-electron chi connectivity index (χ1n) is 6.76. The summed E-state index contributed by atoms with van der Waals surface area (Å²) >= 11 is 0. The minimum Gasteiger partial charge on any atom is -0.330 e. The van der Waals surface area contributed by atoms with Crippen LogP contribution in [-0.2, 0) is 0 Å². The van der Waals surface area contributed by atoms with E-state index in [9.17, 15) is 0 Å². The van der Waals surface area contributed by atoms with Gasteiger partial charge in [0, 0.05) is 12.6 Å². The fraction of sp³-hybridized carbons (Fsp3) is 1.00. The highest BCUT2D eigenvalue weighted by molar-refractivity contribution is 4.78. The van der Waals surface area contributed by atoms with Crippen molar-refractivity contribution in [2.45, 2.75) is 38.6 Å². The summed E-state index contributed by atoms with van der Waals surface area (Å²) in [4.78, 5) is 4.99. The van der Waals surface area contributed by atoms with Gasteiger partial charge in [-0.3, -0.25) is 0 Å². The molecular weight excluding hydrogens is 198 g/mol. The van der Waals surface area contributed by atoms with Crippen molar-refractivity contribution in [2.24, 2.45) is 11.7 Å². The summed E-state index contributed by atoms with van der Waals surface area (Å²) in [6.07, 6.45) is 5.18. The lowest BCUT2D eigenvalue weighted by molar-refractivity contribution is 0.129. The SMILES string of the molecule is CCC(CN)CCN(C)C1CCCN(C)C1. The van der Waals surface area contributed by atoms with Gasteiger partial charge in [0.25, 0.3) is 0 Å². The smallest absolute Gasteiger partial charge is 0.0220 e. The van der Waals surface area contributed by atoms with E-state index in [-0.39, 0.29) is 0 Å². The van der Waals surface area contributed by atoms with Crippen molar-refractivity contribution >= 4 is 0 Å². The Kier molecular flexibility index (Phi) is 6.32. The van der Waals surface area contributed by atoms with E-state index in [1.54, 1.807) is 0 Å². The van der Waals surface area contributed by atoms with Gasteiger partial charge in [-0.15, -0.1) is 0 Å². The second-order valence-electron chi connectivity index (χ2n) is 5.34. The van der Waals surface area contributed by atoms with E-state index in [0.717, 1.165) is 12.6 Å². The molecule has 0 aromatic rings. The zero-order chi connectivity index (χ0) is 12.0. The second-order valence-corrected chi connectivity index (χ2v) is 5.34. The molecule has 16 heavy (non-hydrogen) atoms. The lowest BCUT2D eigenvalue weighted by atomic mass is 10.0. The number of rotatable bonds is 6. The summed E-state index contributed by atoms with van der Waals surface area (Å²) < 4.78 is 0. The van der Waals surface area contributed by atoms with Crippen LogP contribution >= 0.6 is 0 Å². The Bertz CT molecular complexity index is 180. The number of nitrogens with zero attached hydrogens (tertiary/aromatic N) is 2.